The molecule has 230 valence electrons. The number of Topliss-reactive ketones (excluding diaryl/α,β-unsaturated/α-hetero) is 1. The third-order valence-electron chi connectivity index (χ3n) is 10.2. The number of hydrogen-bond acceptors (Lipinski definition) is 6. The monoisotopic (exact) mass is 610 g/mol. The van der Waals surface area contributed by atoms with Gasteiger partial charge >= 0.3 is 5.97 Å². The number of carbonyl (C=O) groups excluding carboxylic acids is 2. The van der Waals surface area contributed by atoms with Crippen LogP contribution in [0.1, 0.15) is 98.8 Å². The summed E-state index contributed by atoms with van der Waals surface area (Å²) in [7, 11) is 3.96. The van der Waals surface area contributed by atoms with E-state index in [1.54, 1.807) is 0 Å². The molecule has 4 rings (SSSR count). The van der Waals surface area contributed by atoms with Crippen molar-refractivity contribution in [1.29, 1.82) is 0 Å². The SMILES string of the molecule is C.C=C.COC(=O)CC[C@@H](C)C1CCC2C3CC(=O)C4CCCCC4(C)C3CC[C@@]21C.CS(=O)(=O)O.CSCl. The zero-order valence-corrected chi connectivity index (χ0v) is 26.7. The van der Waals surface area contributed by atoms with Gasteiger partial charge in [-0.1, -0.05) is 52.0 Å². The van der Waals surface area contributed by atoms with Crippen LogP contribution in [0.4, 0.5) is 0 Å². The fourth-order valence-corrected chi connectivity index (χ4v) is 8.72. The smallest absolute Gasteiger partial charge is 0.305 e. The summed E-state index contributed by atoms with van der Waals surface area (Å²) in [6.45, 7) is 13.3. The largest absolute Gasteiger partial charge is 0.469 e. The summed E-state index contributed by atoms with van der Waals surface area (Å²) in [5.74, 6) is 4.20. The first-order chi connectivity index (χ1) is 17.7. The van der Waals surface area contributed by atoms with Crippen molar-refractivity contribution in [2.45, 2.75) is 98.8 Å². The van der Waals surface area contributed by atoms with E-state index in [1.165, 1.54) is 63.0 Å². The average molecular weight is 611 g/mol. The molecule has 0 radical (unpaired) electrons. The van der Waals surface area contributed by atoms with E-state index >= 15 is 0 Å². The van der Waals surface area contributed by atoms with Crippen molar-refractivity contribution in [2.24, 2.45) is 46.3 Å². The van der Waals surface area contributed by atoms with Crippen molar-refractivity contribution >= 4 is 43.5 Å². The maximum absolute atomic E-state index is 13.2. The Morgan fingerprint density at radius 1 is 1.13 bits per heavy atom. The Kier molecular flexibility index (Phi) is 16.5. The number of esters is 1. The molecule has 0 aromatic heterocycles. The molecule has 0 spiro atoms. The highest BCUT2D eigenvalue weighted by Crippen LogP contribution is 2.67. The van der Waals surface area contributed by atoms with Gasteiger partial charge in [-0.05, 0) is 102 Å². The van der Waals surface area contributed by atoms with Crippen LogP contribution in [0.3, 0.4) is 0 Å². The van der Waals surface area contributed by atoms with E-state index in [0.717, 1.165) is 25.2 Å². The molecule has 4 aliphatic carbocycles. The van der Waals surface area contributed by atoms with Gasteiger partial charge in [-0.15, -0.1) is 13.2 Å². The van der Waals surface area contributed by atoms with Gasteiger partial charge in [0.2, 0.25) is 0 Å². The molecule has 0 aliphatic heterocycles. The lowest BCUT2D eigenvalue weighted by Crippen LogP contribution is -2.56. The van der Waals surface area contributed by atoms with Gasteiger partial charge in [0, 0.05) is 18.8 Å². The number of ether oxygens (including phenoxy) is 1. The van der Waals surface area contributed by atoms with Crippen LogP contribution in [0.25, 0.3) is 0 Å². The number of halogens is 1. The van der Waals surface area contributed by atoms with Crippen molar-refractivity contribution in [2.75, 3.05) is 19.6 Å². The molecule has 4 saturated carbocycles. The normalized spacial score (nSPS) is 35.3. The predicted octanol–water partition coefficient (Wildman–Crippen LogP) is 8.25. The van der Waals surface area contributed by atoms with Crippen molar-refractivity contribution < 1.29 is 27.3 Å². The minimum absolute atomic E-state index is 0. The minimum atomic E-state index is -3.67. The van der Waals surface area contributed by atoms with Crippen LogP contribution < -0.4 is 0 Å². The van der Waals surface area contributed by atoms with Gasteiger partial charge in [-0.25, -0.2) is 0 Å². The van der Waals surface area contributed by atoms with E-state index in [-0.39, 0.29) is 18.8 Å². The highest BCUT2D eigenvalue weighted by atomic mass is 35.7. The number of methoxy groups -OCH3 is 1. The Balaban J connectivity index is 0.00000115. The molecule has 4 fully saturated rings. The molecule has 9 heteroatoms. The second-order valence-electron chi connectivity index (χ2n) is 12.1. The van der Waals surface area contributed by atoms with Crippen molar-refractivity contribution in [3.8, 4) is 0 Å². The Morgan fingerprint density at radius 2 is 1.67 bits per heavy atom. The van der Waals surface area contributed by atoms with E-state index < -0.39 is 10.1 Å². The maximum Gasteiger partial charge on any atom is 0.305 e. The molecule has 6 nitrogen and oxygen atoms in total. The molecule has 0 heterocycles. The molecule has 0 saturated heterocycles. The lowest BCUT2D eigenvalue weighted by molar-refractivity contribution is -0.154. The van der Waals surface area contributed by atoms with E-state index in [4.69, 9.17) is 20.0 Å². The van der Waals surface area contributed by atoms with Crippen LogP contribution in [-0.2, 0) is 24.4 Å². The Hall–Kier alpha value is -0.570. The highest BCUT2D eigenvalue weighted by Gasteiger charge is 2.61. The van der Waals surface area contributed by atoms with Crippen LogP contribution in [0.2, 0.25) is 0 Å². The number of rotatable bonds is 4. The quantitative estimate of drug-likeness (QED) is 0.194. The summed E-state index contributed by atoms with van der Waals surface area (Å²) in [6.07, 6.45) is 15.1. The van der Waals surface area contributed by atoms with Gasteiger partial charge in [-0.3, -0.25) is 14.1 Å². The fraction of sp³-hybridized carbons (Fsp3) is 0.867. The Morgan fingerprint density at radius 3 is 2.21 bits per heavy atom. The molecule has 0 aromatic rings. The van der Waals surface area contributed by atoms with Crippen LogP contribution in [0, 0.1) is 46.3 Å². The van der Waals surface area contributed by atoms with Gasteiger partial charge < -0.3 is 4.74 Å². The van der Waals surface area contributed by atoms with Gasteiger partial charge in [0.15, 0.2) is 0 Å². The molecule has 1 N–H and O–H groups in total. The minimum Gasteiger partial charge on any atom is -0.469 e. The zero-order valence-electron chi connectivity index (χ0n) is 24.3. The molecular weight excluding hydrogens is 556 g/mol. The van der Waals surface area contributed by atoms with Crippen molar-refractivity contribution in [1.82, 2.24) is 0 Å². The molecule has 0 amide bonds. The van der Waals surface area contributed by atoms with Crippen LogP contribution >= 0.6 is 21.7 Å². The molecular formula is C30H55ClO6S2. The highest BCUT2D eigenvalue weighted by molar-refractivity contribution is 8.20. The standard InChI is InChI=1S/C25H40O3.C2H4.CH3ClS.CH4O3S.CH4/c1-16(8-11-23(27)28-4)18-9-10-19-17-15-22(26)21-7-5-6-13-24(21,2)20(17)12-14-25(18,19)3;1-2;1-3-2;1-5(2,3)4;/h16-21H,5-15H2,1-4H3;1-2H2;1H3;1H3,(H,2,3,4);1H4/t16-,17?,18?,19?,20?,21?,24?,25-;;;;/m1..../s1. The summed E-state index contributed by atoms with van der Waals surface area (Å²) in [5, 5.41) is 0. The van der Waals surface area contributed by atoms with Gasteiger partial charge in [0.25, 0.3) is 10.1 Å². The first kappa shape index (κ1) is 38.4. The topological polar surface area (TPSA) is 97.7 Å². The number of carbonyl (C=O) groups is 2. The van der Waals surface area contributed by atoms with Crippen LogP contribution in [-0.4, -0.2) is 44.3 Å². The number of ketones is 1. The maximum atomic E-state index is 13.2. The van der Waals surface area contributed by atoms with Crippen molar-refractivity contribution in [3.63, 3.8) is 0 Å². The number of hydrogen-bond donors (Lipinski definition) is 1. The molecule has 4 aliphatic rings. The molecule has 0 bridgehead atoms. The Labute approximate surface area is 248 Å². The van der Waals surface area contributed by atoms with E-state index in [2.05, 4.69) is 33.9 Å². The average Bonchev–Trinajstić information content (AvgIpc) is 3.20. The summed E-state index contributed by atoms with van der Waals surface area (Å²) >= 11 is 0. The predicted molar refractivity (Wildman–Crippen MR) is 165 cm³/mol. The van der Waals surface area contributed by atoms with Gasteiger partial charge in [-0.2, -0.15) is 8.42 Å². The molecule has 0 aromatic carbocycles. The second kappa shape index (κ2) is 16.8. The zero-order chi connectivity index (χ0) is 29.3. The molecule has 39 heavy (non-hydrogen) atoms. The lowest BCUT2D eigenvalue weighted by Gasteiger charge is -2.60. The van der Waals surface area contributed by atoms with Crippen molar-refractivity contribution in [3.05, 3.63) is 13.2 Å². The third kappa shape index (κ3) is 9.75. The summed E-state index contributed by atoms with van der Waals surface area (Å²) in [6, 6.07) is 0. The summed E-state index contributed by atoms with van der Waals surface area (Å²) < 4.78 is 30.7. The first-order valence-corrected chi connectivity index (χ1v) is 17.8. The van der Waals surface area contributed by atoms with E-state index in [9.17, 15) is 18.0 Å². The summed E-state index contributed by atoms with van der Waals surface area (Å²) in [5.41, 5.74) is 0.628. The van der Waals surface area contributed by atoms with Crippen LogP contribution in [0.5, 0.6) is 0 Å². The summed E-state index contributed by atoms with van der Waals surface area (Å²) in [4.78, 5) is 24.8. The lowest BCUT2D eigenvalue weighted by atomic mass is 9.44. The van der Waals surface area contributed by atoms with Gasteiger partial charge in [0.1, 0.15) is 5.78 Å². The number of fused-ring (bicyclic) bond motifs is 5. The molecule has 6 unspecified atom stereocenters. The first-order valence-electron chi connectivity index (χ1n) is 13.9. The fourth-order valence-electron chi connectivity index (χ4n) is 8.72. The van der Waals surface area contributed by atoms with Crippen LogP contribution in [0.15, 0.2) is 13.2 Å². The van der Waals surface area contributed by atoms with E-state index in [1.807, 2.05) is 6.26 Å². The van der Waals surface area contributed by atoms with Gasteiger partial charge in [0.05, 0.1) is 13.4 Å². The second-order valence-corrected chi connectivity index (χ2v) is 14.8. The molecule has 8 atom stereocenters. The third-order valence-corrected chi connectivity index (χ3v) is 10.2. The van der Waals surface area contributed by atoms with E-state index in [0.29, 0.717) is 53.5 Å². The Bertz CT molecular complexity index is 873.